The number of morpholine rings is 2. The summed E-state index contributed by atoms with van der Waals surface area (Å²) in [5.41, 5.74) is 16.5. The third-order valence-corrected chi connectivity index (χ3v) is 24.6. The van der Waals surface area contributed by atoms with E-state index in [0.717, 1.165) is 97.1 Å². The van der Waals surface area contributed by atoms with Crippen molar-refractivity contribution in [3.8, 4) is 69.6 Å². The van der Waals surface area contributed by atoms with Gasteiger partial charge in [-0.05, 0) is 95.1 Å². The first kappa shape index (κ1) is 100. The molecule has 0 spiro atoms. The fraction of sp³-hybridized carbons (Fsp3) is 0.308. The molecule has 2 unspecified atom stereocenters. The van der Waals surface area contributed by atoms with E-state index in [1.807, 2.05) is 182 Å². The summed E-state index contributed by atoms with van der Waals surface area (Å²) in [6.45, 7) is 20.8. The number of rotatable bonds is 18. The van der Waals surface area contributed by atoms with Crippen molar-refractivity contribution in [2.75, 3.05) is 140 Å². The zero-order valence-corrected chi connectivity index (χ0v) is 82.5. The Morgan fingerprint density at radius 2 is 0.570 bits per heavy atom. The zero-order chi connectivity index (χ0) is 99.8. The van der Waals surface area contributed by atoms with E-state index in [-0.39, 0.29) is 73.4 Å². The number of carbonyl (C=O) groups excluding carboxylic acids is 8. The summed E-state index contributed by atoms with van der Waals surface area (Å²) < 4.78 is 34.2. The van der Waals surface area contributed by atoms with E-state index in [2.05, 4.69) is 178 Å². The number of aromatic nitrogens is 12. The lowest BCUT2D eigenvalue weighted by Gasteiger charge is -2.24. The van der Waals surface area contributed by atoms with Crippen LogP contribution < -0.4 is 59.8 Å². The molecule has 12 aromatic rings. The van der Waals surface area contributed by atoms with E-state index in [0.29, 0.717) is 108 Å². The number of benzene rings is 8. The first-order valence-corrected chi connectivity index (χ1v) is 53.4. The average Bonchev–Trinajstić information content (AvgIpc) is 1.65. The fourth-order valence-corrected chi connectivity index (χ4v) is 16.3. The summed E-state index contributed by atoms with van der Waals surface area (Å²) in [7, 11) is 3.57. The van der Waals surface area contributed by atoms with Crippen molar-refractivity contribution in [3.05, 3.63) is 285 Å². The minimum atomic E-state index is -1.53. The molecule has 8 N–H and O–H groups in total. The Labute approximate surface area is 824 Å². The second-order valence-corrected chi connectivity index (χ2v) is 45.6. The number of H-pyrrole nitrogens is 4. The van der Waals surface area contributed by atoms with E-state index in [1.54, 1.807) is 40.3 Å². The van der Waals surface area contributed by atoms with Crippen molar-refractivity contribution in [2.24, 2.45) is 0 Å². The van der Waals surface area contributed by atoms with Gasteiger partial charge in [-0.15, -0.1) is 31.5 Å². The van der Waals surface area contributed by atoms with Crippen molar-refractivity contribution in [3.63, 3.8) is 0 Å². The Hall–Kier alpha value is -16.2. The second-order valence-electron chi connectivity index (χ2n) is 36.1. The molecule has 6 aliphatic heterocycles. The summed E-state index contributed by atoms with van der Waals surface area (Å²) in [5, 5.41) is 38.0. The van der Waals surface area contributed by atoms with Crippen molar-refractivity contribution in [1.82, 2.24) is 91.8 Å². The Morgan fingerprint density at radius 1 is 0.338 bits per heavy atom. The first-order chi connectivity index (χ1) is 68.5. The van der Waals surface area contributed by atoms with Crippen molar-refractivity contribution in [1.29, 1.82) is 0 Å². The van der Waals surface area contributed by atoms with Gasteiger partial charge in [0.25, 0.3) is 47.3 Å². The molecule has 0 aliphatic carbocycles. The number of ether oxygens (including phenoxy) is 6. The summed E-state index contributed by atoms with van der Waals surface area (Å²) in [4.78, 5) is 131. The van der Waals surface area contributed by atoms with E-state index >= 15 is 0 Å². The predicted octanol–water partition coefficient (Wildman–Crippen LogP) is 8.02. The summed E-state index contributed by atoms with van der Waals surface area (Å²) in [5.74, 6) is 20.1. The van der Waals surface area contributed by atoms with Gasteiger partial charge in [0.05, 0.1) is 62.3 Å². The maximum atomic E-state index is 13.2. The van der Waals surface area contributed by atoms with Gasteiger partial charge < -0.3 is 69.3 Å². The summed E-state index contributed by atoms with van der Waals surface area (Å²) in [6.07, 6.45) is 2.08. The zero-order valence-electron chi connectivity index (χ0n) is 80.5. The Bertz CT molecular complexity index is 6400. The van der Waals surface area contributed by atoms with Crippen LogP contribution in [0.3, 0.4) is 0 Å². The highest BCUT2D eigenvalue weighted by atomic mass is 28.3. The molecule has 8 aromatic carbocycles. The number of anilines is 4. The molecule has 6 aliphatic rings. The van der Waals surface area contributed by atoms with Crippen molar-refractivity contribution in [2.45, 2.75) is 89.1 Å². The van der Waals surface area contributed by atoms with Gasteiger partial charge in [0, 0.05) is 102 Å². The molecule has 0 saturated carbocycles. The maximum Gasteiger partial charge on any atom is 0.291 e. The Balaban J connectivity index is 0.000000143. The van der Waals surface area contributed by atoms with Crippen LogP contribution in [-0.4, -0.2) is 278 Å². The molecule has 2 fully saturated rings. The number of aromatic amines is 4. The van der Waals surface area contributed by atoms with Crippen molar-refractivity contribution >= 4 is 86.2 Å². The molecule has 0 radical (unpaired) electrons. The number of nitrogens with zero attached hydrogens (tertiary/aromatic N) is 14. The van der Waals surface area contributed by atoms with Crippen LogP contribution in [0.2, 0.25) is 39.3 Å². The number of hydrogen-bond donors (Lipinski definition) is 8. The molecule has 4 atom stereocenters. The lowest BCUT2D eigenvalue weighted by molar-refractivity contribution is -0.121. The van der Waals surface area contributed by atoms with Crippen LogP contribution >= 0.6 is 0 Å². The van der Waals surface area contributed by atoms with Crippen LogP contribution in [0, 0.1) is 46.6 Å². The number of fused-ring (bicyclic) bond motifs is 4. The van der Waals surface area contributed by atoms with Gasteiger partial charge in [0.2, 0.25) is 23.3 Å². The van der Waals surface area contributed by atoms with Crippen LogP contribution in [-0.2, 0) is 54.3 Å². The molecule has 4 aromatic heterocycles. The van der Waals surface area contributed by atoms with Gasteiger partial charge >= 0.3 is 0 Å². The second kappa shape index (κ2) is 47.0. The summed E-state index contributed by atoms with van der Waals surface area (Å²) in [6, 6.07) is 57.5. The maximum absolute atomic E-state index is 13.2. The third-order valence-electron chi connectivity index (χ3n) is 22.9. The van der Waals surface area contributed by atoms with Gasteiger partial charge in [0.15, 0.2) is 0 Å². The molecule has 36 nitrogen and oxygen atoms in total. The number of carbonyl (C=O) groups is 8. The average molecular weight is 1950 g/mol. The van der Waals surface area contributed by atoms with E-state index in [4.69, 9.17) is 28.4 Å². The van der Waals surface area contributed by atoms with Gasteiger partial charge in [-0.3, -0.25) is 68.6 Å². The van der Waals surface area contributed by atoms with Crippen molar-refractivity contribution < 1.29 is 66.8 Å². The van der Waals surface area contributed by atoms with Crippen LogP contribution in [0.4, 0.5) is 22.7 Å². The van der Waals surface area contributed by atoms with Gasteiger partial charge in [-0.25, -0.2) is 19.9 Å². The van der Waals surface area contributed by atoms with Crippen LogP contribution in [0.25, 0.3) is 0 Å². The Kier molecular flexibility index (Phi) is 33.2. The highest BCUT2D eigenvalue weighted by Gasteiger charge is 2.38. The van der Waals surface area contributed by atoms with Crippen LogP contribution in [0.1, 0.15) is 110 Å². The number of likely N-dealkylation sites (N-methyl/N-ethyl adjacent to an activating group) is 4. The predicted molar refractivity (Wildman–Crippen MR) is 538 cm³/mol. The highest BCUT2D eigenvalue weighted by Crippen LogP contribution is 2.36. The minimum absolute atomic E-state index is 0.00311. The number of nitrogens with one attached hydrogen (secondary N) is 8. The van der Waals surface area contributed by atoms with E-state index in [1.165, 1.54) is 19.6 Å². The molecule has 142 heavy (non-hydrogen) atoms. The lowest BCUT2D eigenvalue weighted by Crippen LogP contribution is -2.49. The normalized spacial score (nSPS) is 16.6. The largest absolute Gasteiger partial charge is 0.489 e. The number of amides is 8. The quantitative estimate of drug-likeness (QED) is 0.0297. The van der Waals surface area contributed by atoms with Gasteiger partial charge in [-0.2, -0.15) is 0 Å². The topological polar surface area (TPSA) is 426 Å². The molecule has 10 heterocycles. The van der Waals surface area contributed by atoms with E-state index in [9.17, 15) is 38.4 Å². The summed E-state index contributed by atoms with van der Waals surface area (Å²) >= 11 is 0. The first-order valence-electron chi connectivity index (χ1n) is 46.4. The standard InChI is InChI=1S/2C27H28N6O4.2C25H27N5O3Si/c2*1-32-22-16-20(8-5-11-33-12-14-36-15-13-33)9-10-23(22)37-18-21(27(32)35)28-26(34)25-29-24(30-31-25)17-19-6-3-2-4-7-19;2*1-30-20-14-18(12-13-34(2,3)4)10-11-21(20)33-16-19(25(30)32)26-24(31)23-27-22(28-29-23)15-17-8-6-5-7-9-17/h2*2-4,6-7,9-10,16,21H,11-15,17-18H2,1H3,(H,28,34)(H,29,30,31);2*5-11,14,19H,15-16H2,1-4H3,(H,26,31)(H,27,28,29)/t21-;;19-;/m1.1./s1. The Morgan fingerprint density at radius 3 is 0.803 bits per heavy atom. The molecule has 38 heteroatoms. The molecule has 8 amide bonds. The fourth-order valence-electron chi connectivity index (χ4n) is 15.2. The van der Waals surface area contributed by atoms with Gasteiger partial charge in [-0.1, -0.05) is 196 Å². The number of hydrogen-bond acceptors (Lipinski definition) is 24. The monoisotopic (exact) mass is 1950 g/mol. The smallest absolute Gasteiger partial charge is 0.291 e. The SMILES string of the molecule is CN1C(=O)C(NC(=O)c2n[nH]c(Cc3ccccc3)n2)COc2ccc(C#CCN3CCOCC3)cc21.CN1C(=O)C(NC(=O)c2n[nH]c(Cc3ccccc3)n2)COc2ccc(C#C[Si](C)(C)C)cc21.CN1C(=O)[C@H](NC(=O)c2n[nH]c(Cc3ccccc3)n2)COc2ccc(C#CCN3CCOCC3)cc21.CN1C(=O)[C@H](NC(=O)c2n[nH]c(Cc3ccccc3)n2)COc2ccc(C#C[Si](C)(C)C)cc21. The third kappa shape index (κ3) is 27.7. The molecule has 2 saturated heterocycles. The minimum Gasteiger partial charge on any atom is -0.489 e. The highest BCUT2D eigenvalue weighted by molar-refractivity contribution is 6.84. The van der Waals surface area contributed by atoms with E-state index < -0.39 is 63.9 Å². The lowest BCUT2D eigenvalue weighted by atomic mass is 10.1. The molecule has 0 bridgehead atoms. The van der Waals surface area contributed by atoms with Gasteiger partial charge in [0.1, 0.15) is 113 Å². The van der Waals surface area contributed by atoms with Crippen LogP contribution in [0.15, 0.2) is 194 Å². The molecular formula is C104H110N22O14Si2. The molecular weight excluding hydrogens is 1840 g/mol. The molecule has 728 valence electrons. The molecule has 18 rings (SSSR count). The van der Waals surface area contributed by atoms with Crippen LogP contribution in [0.5, 0.6) is 23.0 Å².